The summed E-state index contributed by atoms with van der Waals surface area (Å²) in [6.45, 7) is 2.17. The van der Waals surface area contributed by atoms with Gasteiger partial charge in [-0.2, -0.15) is 5.26 Å². The summed E-state index contributed by atoms with van der Waals surface area (Å²) < 4.78 is 1.70. The van der Waals surface area contributed by atoms with E-state index in [1.165, 1.54) is 0 Å². The Morgan fingerprint density at radius 3 is 2.76 bits per heavy atom. The van der Waals surface area contributed by atoms with E-state index in [-0.39, 0.29) is 12.5 Å². The van der Waals surface area contributed by atoms with Gasteiger partial charge >= 0.3 is 0 Å². The molecule has 3 aromatic rings. The third-order valence-electron chi connectivity index (χ3n) is 4.48. The number of benzene rings is 2. The molecule has 1 atom stereocenters. The van der Waals surface area contributed by atoms with Crippen molar-refractivity contribution in [2.45, 2.75) is 19.5 Å². The SMILES string of the molecule is Cc1ccccc1C(=O)N1Cc2cnnn2-c2ccccc2C1C#N. The molecule has 0 spiro atoms. The van der Waals surface area contributed by atoms with Crippen LogP contribution in [0.1, 0.15) is 33.2 Å². The van der Waals surface area contributed by atoms with Crippen LogP contribution in [0.25, 0.3) is 5.69 Å². The van der Waals surface area contributed by atoms with Crippen LogP contribution in [0.4, 0.5) is 0 Å². The van der Waals surface area contributed by atoms with Crippen molar-refractivity contribution in [1.82, 2.24) is 19.9 Å². The maximum atomic E-state index is 13.2. The first kappa shape index (κ1) is 15.1. The van der Waals surface area contributed by atoms with Crippen molar-refractivity contribution in [1.29, 1.82) is 5.26 Å². The van der Waals surface area contributed by atoms with Crippen LogP contribution in [0.15, 0.2) is 54.7 Å². The van der Waals surface area contributed by atoms with E-state index in [9.17, 15) is 10.1 Å². The van der Waals surface area contributed by atoms with Gasteiger partial charge < -0.3 is 4.90 Å². The predicted octanol–water partition coefficient (Wildman–Crippen LogP) is 2.80. The Hall–Kier alpha value is -3.46. The molecule has 1 aliphatic heterocycles. The van der Waals surface area contributed by atoms with Crippen LogP contribution in [0.5, 0.6) is 0 Å². The Bertz CT molecular complexity index is 1000. The second kappa shape index (κ2) is 5.87. The zero-order valence-corrected chi connectivity index (χ0v) is 13.6. The Morgan fingerprint density at radius 2 is 1.96 bits per heavy atom. The predicted molar refractivity (Wildman–Crippen MR) is 90.8 cm³/mol. The summed E-state index contributed by atoms with van der Waals surface area (Å²) in [4.78, 5) is 14.8. The summed E-state index contributed by atoms with van der Waals surface area (Å²) in [5, 5.41) is 17.9. The highest BCUT2D eigenvalue weighted by molar-refractivity contribution is 5.96. The summed E-state index contributed by atoms with van der Waals surface area (Å²) in [5.74, 6) is -0.172. The first-order valence-electron chi connectivity index (χ1n) is 7.96. The number of hydrogen-bond acceptors (Lipinski definition) is 4. The van der Waals surface area contributed by atoms with Gasteiger partial charge in [0.2, 0.25) is 0 Å². The highest BCUT2D eigenvalue weighted by atomic mass is 16.2. The smallest absolute Gasteiger partial charge is 0.255 e. The molecule has 0 saturated heterocycles. The molecule has 0 saturated carbocycles. The third-order valence-corrected chi connectivity index (χ3v) is 4.48. The van der Waals surface area contributed by atoms with Gasteiger partial charge in [0.1, 0.15) is 6.04 Å². The topological polar surface area (TPSA) is 74.8 Å². The molecule has 4 rings (SSSR count). The minimum atomic E-state index is -0.690. The van der Waals surface area contributed by atoms with E-state index in [0.717, 1.165) is 22.5 Å². The van der Waals surface area contributed by atoms with Crippen molar-refractivity contribution in [3.8, 4) is 11.8 Å². The Labute approximate surface area is 144 Å². The molecule has 0 aliphatic carbocycles. The zero-order valence-electron chi connectivity index (χ0n) is 13.6. The normalized spacial score (nSPS) is 15.7. The number of hydrogen-bond donors (Lipinski definition) is 0. The molecule has 6 nitrogen and oxygen atoms in total. The van der Waals surface area contributed by atoms with Gasteiger partial charge in [0, 0.05) is 11.1 Å². The standard InChI is InChI=1S/C19H15N5O/c1-13-6-2-3-7-15(13)19(25)23-12-14-11-21-22-24(14)17-9-5-4-8-16(17)18(23)10-20/h2-9,11,18H,12H2,1H3. The van der Waals surface area contributed by atoms with Crippen LogP contribution < -0.4 is 0 Å². The third kappa shape index (κ3) is 2.37. The highest BCUT2D eigenvalue weighted by Gasteiger charge is 2.33. The average molecular weight is 329 g/mol. The number of amides is 1. The van der Waals surface area contributed by atoms with Gasteiger partial charge in [0.25, 0.3) is 5.91 Å². The van der Waals surface area contributed by atoms with Crippen LogP contribution in [0.2, 0.25) is 0 Å². The summed E-state index contributed by atoms with van der Waals surface area (Å²) >= 11 is 0. The second-order valence-corrected chi connectivity index (χ2v) is 5.98. The van der Waals surface area contributed by atoms with Gasteiger partial charge in [-0.25, -0.2) is 4.68 Å². The van der Waals surface area contributed by atoms with E-state index in [4.69, 9.17) is 0 Å². The number of rotatable bonds is 1. The lowest BCUT2D eigenvalue weighted by Crippen LogP contribution is -2.33. The van der Waals surface area contributed by atoms with Crippen LogP contribution in [0, 0.1) is 18.3 Å². The number of aryl methyl sites for hydroxylation is 1. The molecule has 1 aliphatic rings. The lowest BCUT2D eigenvalue weighted by Gasteiger charge is -2.26. The fourth-order valence-electron chi connectivity index (χ4n) is 3.21. The van der Waals surface area contributed by atoms with Crippen molar-refractivity contribution in [2.24, 2.45) is 0 Å². The van der Waals surface area contributed by atoms with E-state index < -0.39 is 6.04 Å². The molecule has 2 aromatic carbocycles. The lowest BCUT2D eigenvalue weighted by molar-refractivity contribution is 0.0701. The molecule has 0 fully saturated rings. The van der Waals surface area contributed by atoms with Crippen molar-refractivity contribution in [2.75, 3.05) is 0 Å². The van der Waals surface area contributed by atoms with Crippen molar-refractivity contribution >= 4 is 5.91 Å². The Kier molecular flexibility index (Phi) is 3.55. The highest BCUT2D eigenvalue weighted by Crippen LogP contribution is 2.32. The average Bonchev–Trinajstić information content (AvgIpc) is 3.05. The molecule has 0 radical (unpaired) electrons. The van der Waals surface area contributed by atoms with Crippen molar-refractivity contribution < 1.29 is 4.79 Å². The van der Waals surface area contributed by atoms with E-state index in [2.05, 4.69) is 16.4 Å². The minimum Gasteiger partial charge on any atom is -0.312 e. The van der Waals surface area contributed by atoms with Gasteiger partial charge in [-0.1, -0.05) is 41.6 Å². The maximum Gasteiger partial charge on any atom is 0.255 e. The molecular formula is C19H15N5O. The molecule has 0 bridgehead atoms. The first-order valence-corrected chi connectivity index (χ1v) is 7.96. The summed E-state index contributed by atoms with van der Waals surface area (Å²) in [7, 11) is 0. The fourth-order valence-corrected chi connectivity index (χ4v) is 3.21. The number of aromatic nitrogens is 3. The number of nitriles is 1. The largest absolute Gasteiger partial charge is 0.312 e. The molecular weight excluding hydrogens is 314 g/mol. The van der Waals surface area contributed by atoms with Crippen LogP contribution in [-0.2, 0) is 6.54 Å². The molecule has 1 aromatic heterocycles. The lowest BCUT2D eigenvalue weighted by atomic mass is 10.0. The number of para-hydroxylation sites is 1. The molecule has 1 unspecified atom stereocenters. The quantitative estimate of drug-likeness (QED) is 0.688. The van der Waals surface area contributed by atoms with Crippen molar-refractivity contribution in [3.05, 3.63) is 77.1 Å². The second-order valence-electron chi connectivity index (χ2n) is 5.98. The van der Waals surface area contributed by atoms with Gasteiger partial charge in [-0.05, 0) is 24.6 Å². The first-order chi connectivity index (χ1) is 12.2. The number of nitrogens with zero attached hydrogens (tertiary/aromatic N) is 5. The summed E-state index contributed by atoms with van der Waals surface area (Å²) in [6.07, 6.45) is 1.63. The Morgan fingerprint density at radius 1 is 1.20 bits per heavy atom. The van der Waals surface area contributed by atoms with Gasteiger partial charge in [-0.15, -0.1) is 5.10 Å². The zero-order chi connectivity index (χ0) is 17.4. The summed E-state index contributed by atoms with van der Waals surface area (Å²) in [5.41, 5.74) is 3.78. The van der Waals surface area contributed by atoms with E-state index in [0.29, 0.717) is 5.56 Å². The van der Waals surface area contributed by atoms with Gasteiger partial charge in [-0.3, -0.25) is 4.79 Å². The van der Waals surface area contributed by atoms with Crippen LogP contribution >= 0.6 is 0 Å². The maximum absolute atomic E-state index is 13.2. The molecule has 2 heterocycles. The van der Waals surface area contributed by atoms with E-state index in [1.54, 1.807) is 21.8 Å². The van der Waals surface area contributed by atoms with Gasteiger partial charge in [0.05, 0.1) is 30.2 Å². The van der Waals surface area contributed by atoms with Gasteiger partial charge in [0.15, 0.2) is 0 Å². The molecule has 122 valence electrons. The molecule has 1 amide bonds. The summed E-state index contributed by atoms with van der Waals surface area (Å²) in [6, 6.07) is 16.5. The molecule has 0 N–H and O–H groups in total. The van der Waals surface area contributed by atoms with Crippen molar-refractivity contribution in [3.63, 3.8) is 0 Å². The van der Waals surface area contributed by atoms with Crippen LogP contribution in [0.3, 0.4) is 0 Å². The minimum absolute atomic E-state index is 0.172. The number of carbonyl (C=O) groups is 1. The van der Waals surface area contributed by atoms with E-state index >= 15 is 0 Å². The number of carbonyl (C=O) groups excluding carboxylic acids is 1. The monoisotopic (exact) mass is 329 g/mol. The number of fused-ring (bicyclic) bond motifs is 3. The molecule has 6 heteroatoms. The Balaban J connectivity index is 1.89. The molecule has 25 heavy (non-hydrogen) atoms. The fraction of sp³-hybridized carbons (Fsp3) is 0.158. The van der Waals surface area contributed by atoms with Crippen LogP contribution in [-0.4, -0.2) is 25.8 Å². The van der Waals surface area contributed by atoms with E-state index in [1.807, 2.05) is 49.4 Å².